The zero-order valence-electron chi connectivity index (χ0n) is 19.4. The van der Waals surface area contributed by atoms with Crippen LogP contribution in [-0.4, -0.2) is 18.5 Å². The Morgan fingerprint density at radius 2 is 1.66 bits per heavy atom. The van der Waals surface area contributed by atoms with Crippen LogP contribution in [0.5, 0.6) is 0 Å². The Morgan fingerprint density at radius 1 is 0.793 bits per heavy atom. The molecule has 29 heavy (non-hydrogen) atoms. The van der Waals surface area contributed by atoms with Gasteiger partial charge in [0.05, 0.1) is 12.7 Å². The molecule has 6 rings (SSSR count). The lowest BCUT2D eigenvalue weighted by atomic mass is 9.44. The molecular weight excluding hydrogens is 356 g/mol. The second-order valence-electron chi connectivity index (χ2n) is 12.9. The molecule has 0 aromatic rings. The highest BCUT2D eigenvalue weighted by atomic mass is 16.7. The molecule has 1 spiro atoms. The van der Waals surface area contributed by atoms with Gasteiger partial charge in [-0.1, -0.05) is 40.5 Å². The quantitative estimate of drug-likeness (QED) is 0.444. The lowest BCUT2D eigenvalue weighted by Gasteiger charge is -2.61. The van der Waals surface area contributed by atoms with Gasteiger partial charge >= 0.3 is 0 Å². The van der Waals surface area contributed by atoms with Crippen molar-refractivity contribution in [3.63, 3.8) is 0 Å². The molecule has 2 heteroatoms. The topological polar surface area (TPSA) is 18.5 Å². The molecule has 4 saturated carbocycles. The van der Waals surface area contributed by atoms with Crippen molar-refractivity contribution in [1.29, 1.82) is 0 Å². The van der Waals surface area contributed by atoms with Crippen LogP contribution in [0.3, 0.4) is 0 Å². The van der Waals surface area contributed by atoms with Gasteiger partial charge in [-0.05, 0) is 97.7 Å². The molecule has 0 unspecified atom stereocenters. The van der Waals surface area contributed by atoms with Crippen molar-refractivity contribution < 1.29 is 9.47 Å². The third-order valence-corrected chi connectivity index (χ3v) is 11.9. The lowest BCUT2D eigenvalue weighted by molar-refractivity contribution is -0.273. The van der Waals surface area contributed by atoms with Crippen molar-refractivity contribution in [3.8, 4) is 0 Å². The van der Waals surface area contributed by atoms with Crippen LogP contribution < -0.4 is 0 Å². The van der Waals surface area contributed by atoms with Crippen molar-refractivity contribution in [3.05, 3.63) is 0 Å². The van der Waals surface area contributed by atoms with E-state index in [-0.39, 0.29) is 5.79 Å². The number of fused-ring (bicyclic) bond motifs is 7. The third-order valence-electron chi connectivity index (χ3n) is 11.9. The van der Waals surface area contributed by atoms with Crippen LogP contribution in [0.1, 0.15) is 98.3 Å². The average molecular weight is 401 g/mol. The first kappa shape index (κ1) is 19.6. The number of hydrogen-bond acceptors (Lipinski definition) is 2. The van der Waals surface area contributed by atoms with E-state index in [1.807, 2.05) is 0 Å². The molecule has 164 valence electrons. The van der Waals surface area contributed by atoms with Gasteiger partial charge in [-0.3, -0.25) is 0 Å². The number of ether oxygens (including phenoxy) is 2. The second-order valence-corrected chi connectivity index (χ2v) is 12.9. The van der Waals surface area contributed by atoms with Gasteiger partial charge in [0.25, 0.3) is 0 Å². The first-order chi connectivity index (χ1) is 13.9. The Kier molecular flexibility index (Phi) is 4.37. The predicted molar refractivity (Wildman–Crippen MR) is 116 cm³/mol. The summed E-state index contributed by atoms with van der Waals surface area (Å²) in [5.41, 5.74) is 1.13. The maximum Gasteiger partial charge on any atom is 0.171 e. The van der Waals surface area contributed by atoms with Gasteiger partial charge in [-0.25, -0.2) is 0 Å². The summed E-state index contributed by atoms with van der Waals surface area (Å²) in [6.45, 7) is 11.1. The molecule has 6 aliphatic rings. The SMILES string of the molecule is C[C@@H]1CC[C@@]2(OC1)O[C@@H]1C[C@@H]3[C@@H]4CC[C@H]5CCCC[C@]5(C)[C@@H]4CC[C@]3(C)[C@@H]1[C@@H]2C. The third kappa shape index (κ3) is 2.54. The van der Waals surface area contributed by atoms with Gasteiger partial charge in [0, 0.05) is 12.3 Å². The normalized spacial score (nSPS) is 61.7. The standard InChI is InChI=1S/C27H44O2/c1-17-10-14-27(28-16-17)18(2)24-23(29-27)15-22-20-9-8-19-7-5-6-12-25(19,3)21(20)11-13-26(22,24)4/h17-24H,5-16H2,1-4H3/t17-,18+,19-,20-,21-,22-,23-,24-,25+,26+,27-/m1/s1. The minimum absolute atomic E-state index is 0.250. The average Bonchev–Trinajstić information content (AvgIpc) is 3.15. The minimum atomic E-state index is -0.250. The van der Waals surface area contributed by atoms with E-state index in [9.17, 15) is 0 Å². The fourth-order valence-electron chi connectivity index (χ4n) is 10.3. The van der Waals surface area contributed by atoms with Crippen LogP contribution in [-0.2, 0) is 9.47 Å². The zero-order chi connectivity index (χ0) is 20.0. The van der Waals surface area contributed by atoms with E-state index < -0.39 is 0 Å². The van der Waals surface area contributed by atoms with Gasteiger partial charge in [0.1, 0.15) is 0 Å². The van der Waals surface area contributed by atoms with E-state index in [1.54, 1.807) is 0 Å². The highest BCUT2D eigenvalue weighted by Gasteiger charge is 2.68. The molecule has 2 nitrogen and oxygen atoms in total. The van der Waals surface area contributed by atoms with E-state index in [4.69, 9.17) is 9.47 Å². The van der Waals surface area contributed by atoms with Crippen molar-refractivity contribution in [1.82, 2.24) is 0 Å². The van der Waals surface area contributed by atoms with Crippen molar-refractivity contribution in [2.75, 3.05) is 6.61 Å². The largest absolute Gasteiger partial charge is 0.349 e. The molecule has 0 bridgehead atoms. The fourth-order valence-corrected chi connectivity index (χ4v) is 10.3. The maximum atomic E-state index is 6.92. The Bertz CT molecular complexity index is 651. The number of hydrogen-bond donors (Lipinski definition) is 0. The molecule has 0 aromatic carbocycles. The van der Waals surface area contributed by atoms with Gasteiger partial charge in [-0.15, -0.1) is 0 Å². The summed E-state index contributed by atoms with van der Waals surface area (Å²) < 4.78 is 13.4. The summed E-state index contributed by atoms with van der Waals surface area (Å²) in [6, 6.07) is 0. The lowest BCUT2D eigenvalue weighted by Crippen LogP contribution is -2.54. The van der Waals surface area contributed by atoms with Crippen molar-refractivity contribution >= 4 is 0 Å². The van der Waals surface area contributed by atoms with Crippen LogP contribution in [0, 0.1) is 52.3 Å². The molecular formula is C27H44O2. The first-order valence-electron chi connectivity index (χ1n) is 13.2. The fraction of sp³-hybridized carbons (Fsp3) is 1.00. The maximum absolute atomic E-state index is 6.92. The van der Waals surface area contributed by atoms with Crippen LogP contribution >= 0.6 is 0 Å². The molecule has 4 aliphatic carbocycles. The molecule has 0 amide bonds. The van der Waals surface area contributed by atoms with Crippen LogP contribution in [0.25, 0.3) is 0 Å². The summed E-state index contributed by atoms with van der Waals surface area (Å²) in [5, 5.41) is 0. The zero-order valence-corrected chi connectivity index (χ0v) is 19.4. The van der Waals surface area contributed by atoms with E-state index in [0.717, 1.165) is 42.6 Å². The van der Waals surface area contributed by atoms with Gasteiger partial charge in [-0.2, -0.15) is 0 Å². The van der Waals surface area contributed by atoms with Crippen LogP contribution in [0.2, 0.25) is 0 Å². The molecule has 11 atom stereocenters. The van der Waals surface area contributed by atoms with Gasteiger partial charge in [0.2, 0.25) is 0 Å². The van der Waals surface area contributed by atoms with E-state index in [0.29, 0.717) is 28.8 Å². The summed E-state index contributed by atoms with van der Waals surface area (Å²) in [5.74, 6) is 5.62. The summed E-state index contributed by atoms with van der Waals surface area (Å²) in [4.78, 5) is 0. The first-order valence-corrected chi connectivity index (χ1v) is 13.2. The Balaban J connectivity index is 1.27. The van der Waals surface area contributed by atoms with Crippen LogP contribution in [0.4, 0.5) is 0 Å². The summed E-state index contributed by atoms with van der Waals surface area (Å²) in [7, 11) is 0. The number of rotatable bonds is 0. The highest BCUT2D eigenvalue weighted by Crippen LogP contribution is 2.71. The summed E-state index contributed by atoms with van der Waals surface area (Å²) >= 11 is 0. The highest BCUT2D eigenvalue weighted by molar-refractivity contribution is 5.15. The van der Waals surface area contributed by atoms with E-state index in [1.165, 1.54) is 64.2 Å². The Labute approximate surface area is 178 Å². The molecule has 0 N–H and O–H groups in total. The molecule has 2 saturated heterocycles. The minimum Gasteiger partial charge on any atom is -0.349 e. The van der Waals surface area contributed by atoms with E-state index in [2.05, 4.69) is 27.7 Å². The smallest absolute Gasteiger partial charge is 0.171 e. The second kappa shape index (κ2) is 6.47. The molecule has 0 aromatic heterocycles. The van der Waals surface area contributed by atoms with Gasteiger partial charge in [0.15, 0.2) is 5.79 Å². The van der Waals surface area contributed by atoms with Crippen molar-refractivity contribution in [2.45, 2.75) is 110 Å². The molecule has 2 aliphatic heterocycles. The van der Waals surface area contributed by atoms with Gasteiger partial charge < -0.3 is 9.47 Å². The van der Waals surface area contributed by atoms with Crippen LogP contribution in [0.15, 0.2) is 0 Å². The van der Waals surface area contributed by atoms with E-state index >= 15 is 0 Å². The Morgan fingerprint density at radius 3 is 2.45 bits per heavy atom. The monoisotopic (exact) mass is 400 g/mol. The Hall–Kier alpha value is -0.0800. The molecule has 0 radical (unpaired) electrons. The molecule has 6 fully saturated rings. The summed E-state index contributed by atoms with van der Waals surface area (Å²) in [6.07, 6.45) is 16.2. The predicted octanol–water partition coefficient (Wildman–Crippen LogP) is 6.82. The van der Waals surface area contributed by atoms with Crippen molar-refractivity contribution in [2.24, 2.45) is 52.3 Å². The molecule has 2 heterocycles.